The summed E-state index contributed by atoms with van der Waals surface area (Å²) in [5.41, 5.74) is 0.596. The largest absolute Gasteiger partial charge is 0.390 e. The second kappa shape index (κ2) is 7.13. The first-order valence-electron chi connectivity index (χ1n) is 6.17. The van der Waals surface area contributed by atoms with Gasteiger partial charge in [0, 0.05) is 31.8 Å². The Bertz CT molecular complexity index is 378. The Morgan fingerprint density at radius 1 is 1.56 bits per heavy atom. The number of carbonyl (C=O) groups is 1. The topological polar surface area (TPSA) is 87.4 Å². The fraction of sp³-hybridized carbons (Fsp3) is 0.667. The highest BCUT2D eigenvalue weighted by molar-refractivity contribution is 5.72. The van der Waals surface area contributed by atoms with E-state index in [1.54, 1.807) is 17.1 Å². The van der Waals surface area contributed by atoms with Crippen LogP contribution in [0.25, 0.3) is 0 Å². The van der Waals surface area contributed by atoms with Crippen molar-refractivity contribution in [1.82, 2.24) is 15.1 Å². The molecular weight excluding hydrogens is 234 g/mol. The number of nitrogens with zero attached hydrogens (tertiary/aromatic N) is 2. The van der Waals surface area contributed by atoms with Gasteiger partial charge in [0.15, 0.2) is 0 Å². The molecular formula is C12H21N3O3. The minimum Gasteiger partial charge on any atom is -0.390 e. The molecule has 6 heteroatoms. The van der Waals surface area contributed by atoms with Crippen LogP contribution in [0.4, 0.5) is 0 Å². The highest BCUT2D eigenvalue weighted by atomic mass is 16.3. The van der Waals surface area contributed by atoms with Gasteiger partial charge in [-0.3, -0.25) is 9.48 Å². The molecule has 3 N–H and O–H groups in total. The molecule has 0 saturated carbocycles. The van der Waals surface area contributed by atoms with Crippen LogP contribution >= 0.6 is 0 Å². The van der Waals surface area contributed by atoms with Crippen molar-refractivity contribution >= 4 is 5.91 Å². The van der Waals surface area contributed by atoms with Crippen molar-refractivity contribution in [1.29, 1.82) is 0 Å². The van der Waals surface area contributed by atoms with Crippen molar-refractivity contribution in [3.05, 3.63) is 18.0 Å². The van der Waals surface area contributed by atoms with Gasteiger partial charge in [-0.2, -0.15) is 5.10 Å². The first-order chi connectivity index (χ1) is 8.54. The van der Waals surface area contributed by atoms with Crippen molar-refractivity contribution in [2.45, 2.75) is 45.4 Å². The lowest BCUT2D eigenvalue weighted by Gasteiger charge is -2.16. The molecule has 102 valence electrons. The molecule has 0 bridgehead atoms. The summed E-state index contributed by atoms with van der Waals surface area (Å²) in [6.45, 7) is 4.59. The van der Waals surface area contributed by atoms with Crippen molar-refractivity contribution < 1.29 is 15.0 Å². The van der Waals surface area contributed by atoms with E-state index in [4.69, 9.17) is 0 Å². The highest BCUT2D eigenvalue weighted by Crippen LogP contribution is 2.18. The standard InChI is InChI=1S/C12H21N3O3/c1-3-6-15-8-10(7-14-15)12(18)11(17)4-5-13-9(2)16/h7-8,11-12,17-18H,3-6H2,1-2H3,(H,13,16). The number of aromatic nitrogens is 2. The zero-order chi connectivity index (χ0) is 13.5. The summed E-state index contributed by atoms with van der Waals surface area (Å²) in [5, 5.41) is 26.4. The minimum absolute atomic E-state index is 0.146. The maximum atomic E-state index is 10.7. The van der Waals surface area contributed by atoms with Gasteiger partial charge in [0.05, 0.1) is 12.3 Å². The second-order valence-corrected chi connectivity index (χ2v) is 4.32. The first kappa shape index (κ1) is 14.7. The molecule has 2 unspecified atom stereocenters. The van der Waals surface area contributed by atoms with Gasteiger partial charge in [-0.25, -0.2) is 0 Å². The molecule has 0 spiro atoms. The molecule has 0 saturated heterocycles. The Morgan fingerprint density at radius 3 is 2.89 bits per heavy atom. The molecule has 0 radical (unpaired) electrons. The van der Waals surface area contributed by atoms with Gasteiger partial charge in [-0.05, 0) is 12.8 Å². The van der Waals surface area contributed by atoms with Crippen LogP contribution < -0.4 is 5.32 Å². The van der Waals surface area contributed by atoms with Gasteiger partial charge in [0.25, 0.3) is 0 Å². The molecule has 0 aliphatic heterocycles. The van der Waals surface area contributed by atoms with Crippen LogP contribution in [0, 0.1) is 0 Å². The number of aryl methyl sites for hydroxylation is 1. The van der Waals surface area contributed by atoms with Crippen LogP contribution in [0.1, 0.15) is 38.4 Å². The van der Waals surface area contributed by atoms with Crippen molar-refractivity contribution in [2.24, 2.45) is 0 Å². The lowest BCUT2D eigenvalue weighted by atomic mass is 10.1. The normalized spacial score (nSPS) is 14.2. The maximum Gasteiger partial charge on any atom is 0.216 e. The molecule has 1 aromatic heterocycles. The monoisotopic (exact) mass is 255 g/mol. The van der Waals surface area contributed by atoms with Gasteiger partial charge >= 0.3 is 0 Å². The van der Waals surface area contributed by atoms with E-state index < -0.39 is 12.2 Å². The summed E-state index contributed by atoms with van der Waals surface area (Å²) in [6.07, 6.45) is 2.68. The second-order valence-electron chi connectivity index (χ2n) is 4.32. The number of rotatable bonds is 7. The van der Waals surface area contributed by atoms with Crippen LogP contribution in [-0.2, 0) is 11.3 Å². The van der Waals surface area contributed by atoms with Crippen LogP contribution in [0.15, 0.2) is 12.4 Å². The van der Waals surface area contributed by atoms with Gasteiger partial charge in [0.1, 0.15) is 6.10 Å². The number of aliphatic hydroxyl groups is 2. The molecule has 0 fully saturated rings. The molecule has 1 heterocycles. The molecule has 1 rings (SSSR count). The molecule has 2 atom stereocenters. The summed E-state index contributed by atoms with van der Waals surface area (Å²) >= 11 is 0. The molecule has 0 aromatic carbocycles. The Hall–Kier alpha value is -1.40. The number of aliphatic hydroxyl groups excluding tert-OH is 2. The van der Waals surface area contributed by atoms with Crippen LogP contribution in [-0.4, -0.2) is 38.5 Å². The minimum atomic E-state index is -0.968. The predicted molar refractivity (Wildman–Crippen MR) is 66.8 cm³/mol. The van der Waals surface area contributed by atoms with E-state index >= 15 is 0 Å². The smallest absolute Gasteiger partial charge is 0.216 e. The lowest BCUT2D eigenvalue weighted by Crippen LogP contribution is -2.27. The van der Waals surface area contributed by atoms with Gasteiger partial charge in [0.2, 0.25) is 5.91 Å². The number of nitrogens with one attached hydrogen (secondary N) is 1. The van der Waals surface area contributed by atoms with E-state index in [-0.39, 0.29) is 5.91 Å². The number of hydrogen-bond acceptors (Lipinski definition) is 4. The Morgan fingerprint density at radius 2 is 2.28 bits per heavy atom. The summed E-state index contributed by atoms with van der Waals surface area (Å²) < 4.78 is 1.74. The molecule has 0 aliphatic rings. The van der Waals surface area contributed by atoms with Gasteiger partial charge in [-0.15, -0.1) is 0 Å². The van der Waals surface area contributed by atoms with E-state index in [9.17, 15) is 15.0 Å². The fourth-order valence-electron chi connectivity index (χ4n) is 1.66. The van der Waals surface area contributed by atoms with Crippen molar-refractivity contribution in [2.75, 3.05) is 6.54 Å². The van der Waals surface area contributed by atoms with Crippen molar-refractivity contribution in [3.63, 3.8) is 0 Å². The lowest BCUT2D eigenvalue weighted by molar-refractivity contribution is -0.119. The summed E-state index contributed by atoms with van der Waals surface area (Å²) in [7, 11) is 0. The van der Waals surface area contributed by atoms with E-state index in [0.717, 1.165) is 13.0 Å². The van der Waals surface area contributed by atoms with E-state index in [0.29, 0.717) is 18.5 Å². The van der Waals surface area contributed by atoms with Gasteiger partial charge in [-0.1, -0.05) is 6.92 Å². The Labute approximate surface area is 107 Å². The molecule has 1 aromatic rings. The van der Waals surface area contributed by atoms with Crippen molar-refractivity contribution in [3.8, 4) is 0 Å². The summed E-state index contributed by atoms with van der Waals surface area (Å²) in [6, 6.07) is 0. The summed E-state index contributed by atoms with van der Waals surface area (Å²) in [5.74, 6) is -0.146. The molecule has 0 aliphatic carbocycles. The first-order valence-corrected chi connectivity index (χ1v) is 6.17. The third-order valence-corrected chi connectivity index (χ3v) is 2.63. The van der Waals surface area contributed by atoms with E-state index in [1.807, 2.05) is 6.92 Å². The molecule has 1 amide bonds. The Kier molecular flexibility index (Phi) is 5.80. The number of hydrogen-bond donors (Lipinski definition) is 3. The Balaban J connectivity index is 2.45. The zero-order valence-corrected chi connectivity index (χ0v) is 10.8. The van der Waals surface area contributed by atoms with E-state index in [1.165, 1.54) is 6.92 Å². The SMILES string of the molecule is CCCn1cc(C(O)C(O)CCNC(C)=O)cn1. The highest BCUT2D eigenvalue weighted by Gasteiger charge is 2.19. The van der Waals surface area contributed by atoms with Crippen LogP contribution in [0.5, 0.6) is 0 Å². The number of amides is 1. The zero-order valence-electron chi connectivity index (χ0n) is 10.8. The number of carbonyl (C=O) groups excluding carboxylic acids is 1. The van der Waals surface area contributed by atoms with Crippen LogP contribution in [0.2, 0.25) is 0 Å². The quantitative estimate of drug-likeness (QED) is 0.650. The van der Waals surface area contributed by atoms with Gasteiger partial charge < -0.3 is 15.5 Å². The average Bonchev–Trinajstić information content (AvgIpc) is 2.76. The average molecular weight is 255 g/mol. The van der Waals surface area contributed by atoms with E-state index in [2.05, 4.69) is 10.4 Å². The third-order valence-electron chi connectivity index (χ3n) is 2.63. The third kappa shape index (κ3) is 4.46. The summed E-state index contributed by atoms with van der Waals surface area (Å²) in [4.78, 5) is 10.7. The molecule has 6 nitrogen and oxygen atoms in total. The maximum absolute atomic E-state index is 10.7. The fourth-order valence-corrected chi connectivity index (χ4v) is 1.66. The molecule has 18 heavy (non-hydrogen) atoms. The van der Waals surface area contributed by atoms with Crippen LogP contribution in [0.3, 0.4) is 0 Å². The predicted octanol–water partition coefficient (Wildman–Crippen LogP) is 0.214.